The van der Waals surface area contributed by atoms with Crippen molar-refractivity contribution < 1.29 is 19.9 Å². The molecule has 6 nitrogen and oxygen atoms in total. The molecule has 0 aromatic rings. The first-order valence-electron chi connectivity index (χ1n) is 7.36. The van der Waals surface area contributed by atoms with Gasteiger partial charge >= 0.3 is 13.1 Å². The molecular formula is C13H29BCl2N2O4. The van der Waals surface area contributed by atoms with E-state index < -0.39 is 18.6 Å². The van der Waals surface area contributed by atoms with E-state index in [0.29, 0.717) is 19.4 Å². The normalized spacial score (nSPS) is 27.7. The fraction of sp³-hybridized carbons (Fsp3) is 0.923. The molecule has 0 bridgehead atoms. The minimum atomic E-state index is -1.32. The van der Waals surface area contributed by atoms with Gasteiger partial charge in [-0.05, 0) is 45.1 Å². The van der Waals surface area contributed by atoms with Crippen molar-refractivity contribution in [2.75, 3.05) is 20.1 Å². The van der Waals surface area contributed by atoms with Gasteiger partial charge in [0, 0.05) is 12.5 Å². The topological polar surface area (TPSA) is 107 Å². The molecule has 0 saturated heterocycles. The zero-order valence-electron chi connectivity index (χ0n) is 13.3. The summed E-state index contributed by atoms with van der Waals surface area (Å²) < 4.78 is 0. The summed E-state index contributed by atoms with van der Waals surface area (Å²) in [5.41, 5.74) is 4.99. The summed E-state index contributed by atoms with van der Waals surface area (Å²) in [4.78, 5) is 13.7. The van der Waals surface area contributed by atoms with Crippen LogP contribution in [0.4, 0.5) is 0 Å². The number of aliphatic carboxylic acids is 1. The highest BCUT2D eigenvalue weighted by atomic mass is 35.5. The van der Waals surface area contributed by atoms with E-state index >= 15 is 0 Å². The number of hydrogen-bond donors (Lipinski definition) is 4. The summed E-state index contributed by atoms with van der Waals surface area (Å²) in [5.74, 6) is -0.845. The molecule has 9 heteroatoms. The second-order valence-corrected chi connectivity index (χ2v) is 6.10. The third-order valence-corrected chi connectivity index (χ3v) is 4.58. The first-order chi connectivity index (χ1) is 9.29. The second-order valence-electron chi connectivity index (χ2n) is 6.10. The van der Waals surface area contributed by atoms with Gasteiger partial charge in [0.1, 0.15) is 5.54 Å². The van der Waals surface area contributed by atoms with Crippen LogP contribution in [-0.4, -0.2) is 58.8 Å². The van der Waals surface area contributed by atoms with Crippen molar-refractivity contribution in [1.82, 2.24) is 4.90 Å². The largest absolute Gasteiger partial charge is 0.480 e. The summed E-state index contributed by atoms with van der Waals surface area (Å²) >= 11 is 0. The maximum absolute atomic E-state index is 11.6. The Morgan fingerprint density at radius 1 is 1.36 bits per heavy atom. The molecule has 0 radical (unpaired) electrons. The van der Waals surface area contributed by atoms with E-state index in [-0.39, 0.29) is 43.0 Å². The van der Waals surface area contributed by atoms with E-state index in [1.54, 1.807) is 0 Å². The molecule has 132 valence electrons. The van der Waals surface area contributed by atoms with Gasteiger partial charge in [0.25, 0.3) is 0 Å². The third kappa shape index (κ3) is 6.60. The molecule has 22 heavy (non-hydrogen) atoms. The fourth-order valence-electron chi connectivity index (χ4n) is 3.09. The number of nitrogens with zero attached hydrogens (tertiary/aromatic N) is 1. The number of hydrogen-bond acceptors (Lipinski definition) is 5. The molecule has 0 unspecified atom stereocenters. The minimum Gasteiger partial charge on any atom is -0.480 e. The fourth-order valence-corrected chi connectivity index (χ4v) is 3.09. The van der Waals surface area contributed by atoms with Crippen LogP contribution in [-0.2, 0) is 4.79 Å². The van der Waals surface area contributed by atoms with Gasteiger partial charge in [-0.25, -0.2) is 0 Å². The number of halogens is 2. The number of carboxylic acid groups (broad SMARTS) is 1. The molecule has 1 aliphatic carbocycles. The van der Waals surface area contributed by atoms with Gasteiger partial charge in [0.15, 0.2) is 0 Å². The number of rotatable bonds is 7. The lowest BCUT2D eigenvalue weighted by atomic mass is 9.66. The summed E-state index contributed by atoms with van der Waals surface area (Å²) in [6.45, 7) is 3.59. The Bertz CT molecular complexity index is 339. The molecular weight excluding hydrogens is 330 g/mol. The third-order valence-electron chi connectivity index (χ3n) is 4.58. The lowest BCUT2D eigenvalue weighted by molar-refractivity contribution is -0.148. The number of carbonyl (C=O) groups is 1. The summed E-state index contributed by atoms with van der Waals surface area (Å²) in [6, 6.07) is 0. The lowest BCUT2D eigenvalue weighted by Gasteiger charge is -2.43. The summed E-state index contributed by atoms with van der Waals surface area (Å²) in [6.07, 6.45) is 2.98. The van der Waals surface area contributed by atoms with E-state index in [0.717, 1.165) is 19.4 Å². The van der Waals surface area contributed by atoms with Crippen molar-refractivity contribution in [3.63, 3.8) is 0 Å². The van der Waals surface area contributed by atoms with Crippen molar-refractivity contribution in [2.24, 2.45) is 17.6 Å². The van der Waals surface area contributed by atoms with Gasteiger partial charge in [-0.15, -0.1) is 24.8 Å². The predicted molar refractivity (Wildman–Crippen MR) is 92.7 cm³/mol. The molecule has 0 aromatic heterocycles. The molecule has 0 amide bonds. The van der Waals surface area contributed by atoms with Crippen LogP contribution in [0, 0.1) is 11.8 Å². The standard InChI is InChI=1S/C13H27BN2O4.2ClH/c1-3-16(2)9-11-5-4-10(6-7-14(19)20)8-13(11,15)12(17)18;;/h10-11,19-20H,3-9,15H2,1-2H3,(H,17,18);2*1H/t10-,11-,13+;;/m0../s1. The van der Waals surface area contributed by atoms with E-state index in [4.69, 9.17) is 15.8 Å². The average Bonchev–Trinajstić information content (AvgIpc) is 2.38. The van der Waals surface area contributed by atoms with Gasteiger partial charge in [-0.3, -0.25) is 4.79 Å². The van der Waals surface area contributed by atoms with Crippen molar-refractivity contribution in [3.05, 3.63) is 0 Å². The zero-order valence-corrected chi connectivity index (χ0v) is 14.9. The monoisotopic (exact) mass is 358 g/mol. The Balaban J connectivity index is 0. The van der Waals surface area contributed by atoms with Crippen LogP contribution in [0.15, 0.2) is 0 Å². The lowest BCUT2D eigenvalue weighted by Crippen LogP contribution is -2.59. The molecule has 0 heterocycles. The molecule has 0 aliphatic heterocycles. The van der Waals surface area contributed by atoms with Crippen LogP contribution in [0.25, 0.3) is 0 Å². The zero-order chi connectivity index (χ0) is 15.3. The predicted octanol–water partition coefficient (Wildman–Crippen LogP) is 0.843. The number of nitrogens with two attached hydrogens (primary N) is 1. The molecule has 0 spiro atoms. The van der Waals surface area contributed by atoms with Gasteiger partial charge < -0.3 is 25.8 Å². The van der Waals surface area contributed by atoms with Crippen molar-refractivity contribution in [2.45, 2.75) is 44.5 Å². The first-order valence-corrected chi connectivity index (χ1v) is 7.36. The van der Waals surface area contributed by atoms with Gasteiger partial charge in [-0.2, -0.15) is 0 Å². The average molecular weight is 359 g/mol. The Morgan fingerprint density at radius 3 is 2.41 bits per heavy atom. The minimum absolute atomic E-state index is 0. The van der Waals surface area contributed by atoms with Gasteiger partial charge in [-0.1, -0.05) is 13.3 Å². The van der Waals surface area contributed by atoms with Crippen molar-refractivity contribution >= 4 is 37.9 Å². The molecule has 3 atom stereocenters. The summed E-state index contributed by atoms with van der Waals surface area (Å²) in [5, 5.41) is 27.4. The molecule has 0 aromatic carbocycles. The summed E-state index contributed by atoms with van der Waals surface area (Å²) in [7, 11) is 0.646. The Kier molecular flexibility index (Phi) is 11.8. The SMILES string of the molecule is CCN(C)C[C@@H]1CC[C@@H](CCB(O)O)C[C@]1(N)C(=O)O.Cl.Cl. The van der Waals surface area contributed by atoms with Gasteiger partial charge in [0.05, 0.1) is 0 Å². The van der Waals surface area contributed by atoms with Crippen LogP contribution in [0.1, 0.15) is 32.6 Å². The Morgan fingerprint density at radius 2 is 1.95 bits per heavy atom. The molecule has 1 saturated carbocycles. The van der Waals surface area contributed by atoms with Crippen LogP contribution < -0.4 is 5.73 Å². The smallest absolute Gasteiger partial charge is 0.451 e. The van der Waals surface area contributed by atoms with Crippen LogP contribution in [0.2, 0.25) is 6.32 Å². The van der Waals surface area contributed by atoms with Crippen LogP contribution >= 0.6 is 24.8 Å². The molecule has 1 aliphatic rings. The van der Waals surface area contributed by atoms with Crippen LogP contribution in [0.3, 0.4) is 0 Å². The Labute approximate surface area is 145 Å². The van der Waals surface area contributed by atoms with Crippen molar-refractivity contribution in [1.29, 1.82) is 0 Å². The highest BCUT2D eigenvalue weighted by Crippen LogP contribution is 2.38. The maximum atomic E-state index is 11.6. The van der Waals surface area contributed by atoms with E-state index in [9.17, 15) is 9.90 Å². The van der Waals surface area contributed by atoms with E-state index in [1.807, 2.05) is 14.0 Å². The van der Waals surface area contributed by atoms with Crippen LogP contribution in [0.5, 0.6) is 0 Å². The van der Waals surface area contributed by atoms with Gasteiger partial charge in [0.2, 0.25) is 0 Å². The van der Waals surface area contributed by atoms with Crippen molar-refractivity contribution in [3.8, 4) is 0 Å². The van der Waals surface area contributed by atoms with E-state index in [1.165, 1.54) is 0 Å². The molecule has 5 N–H and O–H groups in total. The highest BCUT2D eigenvalue weighted by molar-refractivity contribution is 6.40. The Hall–Kier alpha value is -0.0451. The molecule has 1 rings (SSSR count). The second kappa shape index (κ2) is 10.7. The van der Waals surface area contributed by atoms with E-state index in [2.05, 4.69) is 4.90 Å². The number of carboxylic acids is 1. The first kappa shape index (κ1) is 24.2. The quantitative estimate of drug-likeness (QED) is 0.502. The molecule has 1 fully saturated rings. The highest BCUT2D eigenvalue weighted by Gasteiger charge is 2.46. The maximum Gasteiger partial charge on any atom is 0.451 e.